The first-order valence-electron chi connectivity index (χ1n) is 6.21. The Morgan fingerprint density at radius 2 is 2.05 bits per heavy atom. The molecule has 1 amide bonds. The standard InChI is InChI=1S/C15H14N2O4/c1-9-7-11(4-6-13(18)19)3-5-12(9)17-15(20)14-10(2)8-16-21-14/h3-8H,1-2H3,(H,17,20)(H,18,19). The van der Waals surface area contributed by atoms with Gasteiger partial charge in [0.15, 0.2) is 0 Å². The van der Waals surface area contributed by atoms with Crippen molar-refractivity contribution in [2.24, 2.45) is 0 Å². The summed E-state index contributed by atoms with van der Waals surface area (Å²) in [7, 11) is 0. The molecule has 1 aromatic carbocycles. The molecule has 0 fully saturated rings. The van der Waals surface area contributed by atoms with Crippen LogP contribution in [0.5, 0.6) is 0 Å². The van der Waals surface area contributed by atoms with Crippen molar-refractivity contribution in [1.82, 2.24) is 5.16 Å². The highest BCUT2D eigenvalue weighted by molar-refractivity contribution is 6.03. The quantitative estimate of drug-likeness (QED) is 0.843. The third-order valence-corrected chi connectivity index (χ3v) is 2.87. The lowest BCUT2D eigenvalue weighted by atomic mass is 10.1. The van der Waals surface area contributed by atoms with Crippen molar-refractivity contribution in [2.75, 3.05) is 5.32 Å². The largest absolute Gasteiger partial charge is 0.478 e. The summed E-state index contributed by atoms with van der Waals surface area (Å²) < 4.78 is 4.89. The summed E-state index contributed by atoms with van der Waals surface area (Å²) >= 11 is 0. The van der Waals surface area contributed by atoms with Crippen molar-refractivity contribution in [2.45, 2.75) is 13.8 Å². The van der Waals surface area contributed by atoms with Crippen LogP contribution in [-0.4, -0.2) is 22.1 Å². The Kier molecular flexibility index (Phi) is 4.18. The van der Waals surface area contributed by atoms with Crippen LogP contribution in [0.2, 0.25) is 0 Å². The molecule has 0 unspecified atom stereocenters. The van der Waals surface area contributed by atoms with Crippen LogP contribution >= 0.6 is 0 Å². The van der Waals surface area contributed by atoms with E-state index in [4.69, 9.17) is 9.63 Å². The van der Waals surface area contributed by atoms with Crippen molar-refractivity contribution < 1.29 is 19.2 Å². The highest BCUT2D eigenvalue weighted by Gasteiger charge is 2.15. The van der Waals surface area contributed by atoms with Gasteiger partial charge in [-0.2, -0.15) is 0 Å². The second-order valence-electron chi connectivity index (χ2n) is 4.54. The van der Waals surface area contributed by atoms with E-state index in [-0.39, 0.29) is 11.7 Å². The van der Waals surface area contributed by atoms with Gasteiger partial charge in [0.2, 0.25) is 5.76 Å². The number of anilines is 1. The van der Waals surface area contributed by atoms with Crippen molar-refractivity contribution in [3.05, 3.63) is 52.9 Å². The van der Waals surface area contributed by atoms with Crippen LogP contribution in [0.3, 0.4) is 0 Å². The number of carbonyl (C=O) groups excluding carboxylic acids is 1. The van der Waals surface area contributed by atoms with Gasteiger partial charge in [0.1, 0.15) is 0 Å². The number of aliphatic carboxylic acids is 1. The van der Waals surface area contributed by atoms with Gasteiger partial charge < -0.3 is 14.9 Å². The Morgan fingerprint density at radius 3 is 2.62 bits per heavy atom. The van der Waals surface area contributed by atoms with Gasteiger partial charge in [-0.15, -0.1) is 0 Å². The van der Waals surface area contributed by atoms with Gasteiger partial charge >= 0.3 is 5.97 Å². The molecule has 1 heterocycles. The number of nitrogens with zero attached hydrogens (tertiary/aromatic N) is 1. The Balaban J connectivity index is 2.16. The second-order valence-corrected chi connectivity index (χ2v) is 4.54. The smallest absolute Gasteiger partial charge is 0.328 e. The molecule has 1 aromatic heterocycles. The summed E-state index contributed by atoms with van der Waals surface area (Å²) in [6.45, 7) is 3.55. The third-order valence-electron chi connectivity index (χ3n) is 2.87. The molecule has 0 aliphatic rings. The number of carboxylic acids is 1. The van der Waals surface area contributed by atoms with Crippen molar-refractivity contribution in [3.8, 4) is 0 Å². The first-order chi connectivity index (χ1) is 9.97. The molecule has 0 saturated carbocycles. The molecule has 0 aliphatic heterocycles. The van der Waals surface area contributed by atoms with E-state index in [9.17, 15) is 9.59 Å². The molecule has 0 atom stereocenters. The minimum absolute atomic E-state index is 0.171. The van der Waals surface area contributed by atoms with Gasteiger partial charge in [-0.3, -0.25) is 4.79 Å². The molecule has 0 bridgehead atoms. The highest BCUT2D eigenvalue weighted by Crippen LogP contribution is 2.19. The first kappa shape index (κ1) is 14.5. The number of carbonyl (C=O) groups is 2. The van der Waals surface area contributed by atoms with Gasteiger partial charge in [-0.05, 0) is 43.2 Å². The number of hydrogen-bond donors (Lipinski definition) is 2. The normalized spacial score (nSPS) is 10.8. The number of aryl methyl sites for hydroxylation is 2. The molecule has 2 aromatic rings. The zero-order chi connectivity index (χ0) is 15.4. The Morgan fingerprint density at radius 1 is 1.29 bits per heavy atom. The molecular weight excluding hydrogens is 272 g/mol. The SMILES string of the molecule is Cc1cc(C=CC(=O)O)ccc1NC(=O)c1oncc1C. The van der Waals surface area contributed by atoms with Crippen molar-refractivity contribution in [1.29, 1.82) is 0 Å². The molecule has 2 N–H and O–H groups in total. The minimum Gasteiger partial charge on any atom is -0.478 e. The van der Waals surface area contributed by atoms with Gasteiger partial charge in [-0.1, -0.05) is 11.2 Å². The molecule has 0 spiro atoms. The molecule has 6 nitrogen and oxygen atoms in total. The van der Waals surface area contributed by atoms with Crippen molar-refractivity contribution in [3.63, 3.8) is 0 Å². The highest BCUT2D eigenvalue weighted by atomic mass is 16.5. The maximum absolute atomic E-state index is 12.0. The lowest BCUT2D eigenvalue weighted by molar-refractivity contribution is -0.131. The average Bonchev–Trinajstić information content (AvgIpc) is 2.85. The van der Waals surface area contributed by atoms with Gasteiger partial charge in [0.25, 0.3) is 5.91 Å². The van der Waals surface area contributed by atoms with Gasteiger partial charge in [0, 0.05) is 17.3 Å². The topological polar surface area (TPSA) is 92.4 Å². The van der Waals surface area contributed by atoms with E-state index < -0.39 is 5.97 Å². The lowest BCUT2D eigenvalue weighted by Crippen LogP contribution is -2.13. The number of amides is 1. The van der Waals surface area contributed by atoms with Gasteiger partial charge in [0.05, 0.1) is 6.20 Å². The predicted molar refractivity (Wildman–Crippen MR) is 77.0 cm³/mol. The van der Waals surface area contributed by atoms with E-state index >= 15 is 0 Å². The molecule has 108 valence electrons. The van der Waals surface area contributed by atoms with Crippen LogP contribution in [0.1, 0.15) is 27.2 Å². The molecule has 21 heavy (non-hydrogen) atoms. The lowest BCUT2D eigenvalue weighted by Gasteiger charge is -2.08. The zero-order valence-corrected chi connectivity index (χ0v) is 11.6. The fourth-order valence-corrected chi connectivity index (χ4v) is 1.79. The van der Waals surface area contributed by atoms with E-state index in [0.29, 0.717) is 11.3 Å². The monoisotopic (exact) mass is 286 g/mol. The van der Waals surface area contributed by atoms with Crippen molar-refractivity contribution >= 4 is 23.6 Å². The Hall–Kier alpha value is -2.89. The van der Waals surface area contributed by atoms with Crippen LogP contribution in [-0.2, 0) is 4.79 Å². The summed E-state index contributed by atoms with van der Waals surface area (Å²) in [4.78, 5) is 22.5. The van der Waals surface area contributed by atoms with E-state index in [1.54, 1.807) is 25.1 Å². The maximum atomic E-state index is 12.0. The predicted octanol–water partition coefficient (Wildman–Crippen LogP) is 2.64. The fourth-order valence-electron chi connectivity index (χ4n) is 1.79. The van der Waals surface area contributed by atoms with E-state index in [2.05, 4.69) is 10.5 Å². The number of benzene rings is 1. The first-order valence-corrected chi connectivity index (χ1v) is 6.21. The zero-order valence-electron chi connectivity index (χ0n) is 11.6. The van der Waals surface area contributed by atoms with Crippen LogP contribution in [0, 0.1) is 13.8 Å². The minimum atomic E-state index is -1.01. The molecule has 2 rings (SSSR count). The fraction of sp³-hybridized carbons (Fsp3) is 0.133. The summed E-state index contributed by atoms with van der Waals surface area (Å²) in [6.07, 6.45) is 4.02. The number of rotatable bonds is 4. The summed E-state index contributed by atoms with van der Waals surface area (Å²) in [6, 6.07) is 5.21. The van der Waals surface area contributed by atoms with Crippen LogP contribution in [0.25, 0.3) is 6.08 Å². The van der Waals surface area contributed by atoms with E-state index in [1.165, 1.54) is 12.3 Å². The molecule has 0 radical (unpaired) electrons. The second kappa shape index (κ2) is 6.04. The molecule has 6 heteroatoms. The number of carboxylic acid groups (broad SMARTS) is 1. The number of aromatic nitrogens is 1. The van der Waals surface area contributed by atoms with Crippen LogP contribution in [0.15, 0.2) is 35.0 Å². The maximum Gasteiger partial charge on any atom is 0.328 e. The molecule has 0 aliphatic carbocycles. The Labute approximate surface area is 121 Å². The molecule has 0 saturated heterocycles. The summed E-state index contributed by atoms with van der Waals surface area (Å²) in [5.41, 5.74) is 2.84. The number of hydrogen-bond acceptors (Lipinski definition) is 4. The van der Waals surface area contributed by atoms with Crippen LogP contribution < -0.4 is 5.32 Å². The third kappa shape index (κ3) is 3.56. The van der Waals surface area contributed by atoms with Crippen LogP contribution in [0.4, 0.5) is 5.69 Å². The average molecular weight is 286 g/mol. The summed E-state index contributed by atoms with van der Waals surface area (Å²) in [5, 5.41) is 14.9. The number of nitrogens with one attached hydrogen (secondary N) is 1. The Bertz CT molecular complexity index is 716. The van der Waals surface area contributed by atoms with Gasteiger partial charge in [-0.25, -0.2) is 4.79 Å². The molecular formula is C15H14N2O4. The summed E-state index contributed by atoms with van der Waals surface area (Å²) in [5.74, 6) is -1.21. The van der Waals surface area contributed by atoms with E-state index in [1.807, 2.05) is 6.92 Å². The van der Waals surface area contributed by atoms with E-state index in [0.717, 1.165) is 17.2 Å².